The first kappa shape index (κ1) is 35.8. The standard InChI is InChI=1S/C36H39Cl2N3O5S/c1-5-46-34-14-10-9-13-32(34)41(47(44,45)30-19-15-26(4)16-20-30)24-35(42)40(23-28-17-18-29(37)22-31(28)38)33(36(43)39-25(2)3)21-27-11-7-6-8-12-27/h6-20,22,25,33H,5,21,23-24H2,1-4H3,(H,39,43)/t33-/m1/s1. The Balaban J connectivity index is 1.86. The third kappa shape index (κ3) is 9.28. The average Bonchev–Trinajstić information content (AvgIpc) is 3.03. The number of carbonyl (C=O) groups excluding carboxylic acids is 2. The van der Waals surface area contributed by atoms with E-state index in [9.17, 15) is 18.0 Å². The monoisotopic (exact) mass is 695 g/mol. The number of amides is 2. The van der Waals surface area contributed by atoms with Crippen LogP contribution in [0.4, 0.5) is 5.69 Å². The Morgan fingerprint density at radius 2 is 1.55 bits per heavy atom. The number of benzene rings is 4. The molecule has 1 N–H and O–H groups in total. The van der Waals surface area contributed by atoms with Gasteiger partial charge in [-0.1, -0.05) is 89.4 Å². The van der Waals surface area contributed by atoms with Crippen molar-refractivity contribution >= 4 is 50.7 Å². The molecule has 47 heavy (non-hydrogen) atoms. The van der Waals surface area contributed by atoms with E-state index in [4.69, 9.17) is 27.9 Å². The predicted molar refractivity (Wildman–Crippen MR) is 188 cm³/mol. The smallest absolute Gasteiger partial charge is 0.264 e. The second-order valence-electron chi connectivity index (χ2n) is 11.4. The molecule has 0 aliphatic carbocycles. The van der Waals surface area contributed by atoms with Gasteiger partial charge >= 0.3 is 0 Å². The van der Waals surface area contributed by atoms with Crippen LogP contribution in [0.2, 0.25) is 10.0 Å². The molecule has 0 aliphatic heterocycles. The molecule has 0 bridgehead atoms. The molecule has 0 aliphatic rings. The number of nitrogens with one attached hydrogen (secondary N) is 1. The van der Waals surface area contributed by atoms with Crippen molar-refractivity contribution in [1.82, 2.24) is 10.2 Å². The van der Waals surface area contributed by atoms with E-state index in [0.717, 1.165) is 15.4 Å². The van der Waals surface area contributed by atoms with Crippen LogP contribution in [0.5, 0.6) is 5.75 Å². The number of rotatable bonds is 14. The number of carbonyl (C=O) groups is 2. The fourth-order valence-electron chi connectivity index (χ4n) is 5.06. The Morgan fingerprint density at radius 3 is 2.19 bits per heavy atom. The maximum Gasteiger partial charge on any atom is 0.264 e. The Hall–Kier alpha value is -4.05. The van der Waals surface area contributed by atoms with Gasteiger partial charge in [-0.2, -0.15) is 0 Å². The first-order valence-electron chi connectivity index (χ1n) is 15.3. The number of halogens is 2. The molecule has 4 aromatic carbocycles. The van der Waals surface area contributed by atoms with E-state index in [-0.39, 0.29) is 42.1 Å². The van der Waals surface area contributed by atoms with Crippen LogP contribution >= 0.6 is 23.2 Å². The number of sulfonamides is 1. The molecule has 0 fully saturated rings. The number of hydrogen-bond donors (Lipinski definition) is 1. The Kier molecular flexibility index (Phi) is 12.3. The van der Waals surface area contributed by atoms with E-state index in [2.05, 4.69) is 5.32 Å². The molecular weight excluding hydrogens is 657 g/mol. The largest absolute Gasteiger partial charge is 0.492 e. The van der Waals surface area contributed by atoms with Crippen molar-refractivity contribution in [1.29, 1.82) is 0 Å². The summed E-state index contributed by atoms with van der Waals surface area (Å²) in [5.41, 5.74) is 2.44. The SMILES string of the molecule is CCOc1ccccc1N(CC(=O)N(Cc1ccc(Cl)cc1Cl)[C@H](Cc1ccccc1)C(=O)NC(C)C)S(=O)(=O)c1ccc(C)cc1. The number of hydrogen-bond acceptors (Lipinski definition) is 5. The topological polar surface area (TPSA) is 96.0 Å². The second-order valence-corrected chi connectivity index (χ2v) is 14.1. The molecule has 1 atom stereocenters. The molecule has 4 aromatic rings. The summed E-state index contributed by atoms with van der Waals surface area (Å²) < 4.78 is 35.5. The van der Waals surface area contributed by atoms with Crippen LogP contribution in [0.15, 0.2) is 102 Å². The molecule has 11 heteroatoms. The van der Waals surface area contributed by atoms with Crippen LogP contribution in [-0.2, 0) is 32.6 Å². The number of nitrogens with zero attached hydrogens (tertiary/aromatic N) is 2. The number of anilines is 1. The van der Waals surface area contributed by atoms with E-state index >= 15 is 0 Å². The molecular formula is C36H39Cl2N3O5S. The number of para-hydroxylation sites is 2. The Morgan fingerprint density at radius 1 is 0.894 bits per heavy atom. The van der Waals surface area contributed by atoms with Crippen LogP contribution in [0, 0.1) is 6.92 Å². The van der Waals surface area contributed by atoms with Gasteiger partial charge in [-0.05, 0) is 75.2 Å². The van der Waals surface area contributed by atoms with E-state index < -0.39 is 28.5 Å². The van der Waals surface area contributed by atoms with E-state index in [1.165, 1.54) is 17.0 Å². The highest BCUT2D eigenvalue weighted by atomic mass is 35.5. The molecule has 0 unspecified atom stereocenters. The normalized spacial score (nSPS) is 12.0. The first-order chi connectivity index (χ1) is 22.4. The van der Waals surface area contributed by atoms with E-state index in [1.54, 1.807) is 61.5 Å². The molecule has 0 radical (unpaired) electrons. The Bertz CT molecular complexity index is 1780. The quantitative estimate of drug-likeness (QED) is 0.152. The minimum absolute atomic E-state index is 0.00730. The van der Waals surface area contributed by atoms with Crippen molar-refractivity contribution in [2.75, 3.05) is 17.5 Å². The zero-order chi connectivity index (χ0) is 34.1. The summed E-state index contributed by atoms with van der Waals surface area (Å²) in [7, 11) is -4.29. The fourth-order valence-corrected chi connectivity index (χ4v) is 6.95. The van der Waals surface area contributed by atoms with Gasteiger partial charge in [0.25, 0.3) is 10.0 Å². The highest BCUT2D eigenvalue weighted by Gasteiger charge is 2.36. The van der Waals surface area contributed by atoms with Gasteiger partial charge in [0.1, 0.15) is 18.3 Å². The molecule has 0 spiro atoms. The van der Waals surface area contributed by atoms with Crippen molar-refractivity contribution in [2.24, 2.45) is 0 Å². The van der Waals surface area contributed by atoms with Crippen molar-refractivity contribution in [2.45, 2.75) is 57.6 Å². The number of ether oxygens (including phenoxy) is 1. The molecule has 0 saturated heterocycles. The van der Waals surface area contributed by atoms with Crippen molar-refractivity contribution in [3.8, 4) is 5.75 Å². The molecule has 0 saturated carbocycles. The molecule has 248 valence electrons. The van der Waals surface area contributed by atoms with Crippen LogP contribution < -0.4 is 14.4 Å². The maximum absolute atomic E-state index is 14.7. The molecule has 0 aromatic heterocycles. The van der Waals surface area contributed by atoms with Crippen molar-refractivity contribution in [3.63, 3.8) is 0 Å². The van der Waals surface area contributed by atoms with Gasteiger partial charge < -0.3 is 15.0 Å². The van der Waals surface area contributed by atoms with Crippen LogP contribution in [-0.4, -0.2) is 50.4 Å². The van der Waals surface area contributed by atoms with Gasteiger partial charge in [0.15, 0.2) is 0 Å². The summed E-state index contributed by atoms with van der Waals surface area (Å²) in [6.45, 7) is 6.89. The van der Waals surface area contributed by atoms with Gasteiger partial charge in [-0.25, -0.2) is 8.42 Å². The zero-order valence-corrected chi connectivity index (χ0v) is 29.1. The minimum atomic E-state index is -4.29. The lowest BCUT2D eigenvalue weighted by Gasteiger charge is -2.34. The van der Waals surface area contributed by atoms with Gasteiger partial charge in [0.2, 0.25) is 11.8 Å². The Labute approximate surface area is 287 Å². The lowest BCUT2D eigenvalue weighted by Crippen LogP contribution is -2.54. The van der Waals surface area contributed by atoms with Gasteiger partial charge in [-0.15, -0.1) is 0 Å². The zero-order valence-electron chi connectivity index (χ0n) is 26.8. The summed E-state index contributed by atoms with van der Waals surface area (Å²) in [6, 6.07) is 26.1. The van der Waals surface area contributed by atoms with Gasteiger partial charge in [0, 0.05) is 29.1 Å². The molecule has 2 amide bonds. The third-order valence-electron chi connectivity index (χ3n) is 7.38. The van der Waals surface area contributed by atoms with Crippen LogP contribution in [0.1, 0.15) is 37.5 Å². The highest BCUT2D eigenvalue weighted by Crippen LogP contribution is 2.33. The van der Waals surface area contributed by atoms with Gasteiger partial charge in [-0.3, -0.25) is 13.9 Å². The molecule has 8 nitrogen and oxygen atoms in total. The average molecular weight is 697 g/mol. The lowest BCUT2D eigenvalue weighted by atomic mass is 10.0. The maximum atomic E-state index is 14.7. The summed E-state index contributed by atoms with van der Waals surface area (Å²) >= 11 is 12.8. The fraction of sp³-hybridized carbons (Fsp3) is 0.278. The predicted octanol–water partition coefficient (Wildman–Crippen LogP) is 7.06. The summed E-state index contributed by atoms with van der Waals surface area (Å²) in [5, 5.41) is 3.67. The molecule has 4 rings (SSSR count). The second kappa shape index (κ2) is 16.2. The summed E-state index contributed by atoms with van der Waals surface area (Å²) in [6.07, 6.45) is 0.177. The van der Waals surface area contributed by atoms with E-state index in [0.29, 0.717) is 21.4 Å². The third-order valence-corrected chi connectivity index (χ3v) is 9.74. The first-order valence-corrected chi connectivity index (χ1v) is 17.5. The van der Waals surface area contributed by atoms with Gasteiger partial charge in [0.05, 0.1) is 17.2 Å². The number of aryl methyl sites for hydroxylation is 1. The molecule has 0 heterocycles. The van der Waals surface area contributed by atoms with Crippen molar-refractivity contribution in [3.05, 3.63) is 124 Å². The van der Waals surface area contributed by atoms with Crippen LogP contribution in [0.25, 0.3) is 0 Å². The van der Waals surface area contributed by atoms with E-state index in [1.807, 2.05) is 51.1 Å². The van der Waals surface area contributed by atoms with Crippen LogP contribution in [0.3, 0.4) is 0 Å². The summed E-state index contributed by atoms with van der Waals surface area (Å²) in [4.78, 5) is 29.9. The highest BCUT2D eigenvalue weighted by molar-refractivity contribution is 7.92. The lowest BCUT2D eigenvalue weighted by molar-refractivity contribution is -0.140. The summed E-state index contributed by atoms with van der Waals surface area (Å²) in [5.74, 6) is -0.702. The minimum Gasteiger partial charge on any atom is -0.492 e. The van der Waals surface area contributed by atoms with Crippen molar-refractivity contribution < 1.29 is 22.7 Å².